The Morgan fingerprint density at radius 1 is 1.21 bits per heavy atom. The zero-order valence-electron chi connectivity index (χ0n) is 17.5. The maximum Gasteiger partial charge on any atom is 0.341 e. The van der Waals surface area contributed by atoms with E-state index < -0.39 is 0 Å². The summed E-state index contributed by atoms with van der Waals surface area (Å²) in [5.74, 6) is -0.0857. The Labute approximate surface area is 175 Å². The van der Waals surface area contributed by atoms with Crippen molar-refractivity contribution < 1.29 is 28.8 Å². The Morgan fingerprint density at radius 2 is 1.93 bits per heavy atom. The summed E-state index contributed by atoms with van der Waals surface area (Å²) >= 11 is 1.51. The van der Waals surface area contributed by atoms with Crippen LogP contribution in [0.4, 0.5) is 5.00 Å². The Balaban J connectivity index is 1.61. The third-order valence-electron chi connectivity index (χ3n) is 5.88. The Morgan fingerprint density at radius 3 is 2.59 bits per heavy atom. The number of fused-ring (bicyclic) bond motifs is 1. The summed E-state index contributed by atoms with van der Waals surface area (Å²) in [6, 6.07) is 0. The number of amides is 1. The number of quaternary nitrogens is 1. The van der Waals surface area contributed by atoms with E-state index in [0.29, 0.717) is 29.6 Å². The van der Waals surface area contributed by atoms with Gasteiger partial charge in [-0.1, -0.05) is 6.92 Å². The minimum atomic E-state index is -0.380. The molecule has 3 rings (SSSR count). The first-order valence-electron chi connectivity index (χ1n) is 10.5. The average Bonchev–Trinajstić information content (AvgIpc) is 3.04. The molecule has 0 bridgehead atoms. The summed E-state index contributed by atoms with van der Waals surface area (Å²) in [5.41, 5.74) is 1.57. The van der Waals surface area contributed by atoms with Gasteiger partial charge in [0.15, 0.2) is 6.54 Å². The van der Waals surface area contributed by atoms with Crippen LogP contribution in [0.25, 0.3) is 0 Å². The van der Waals surface area contributed by atoms with E-state index in [-0.39, 0.29) is 23.8 Å². The molecule has 1 atom stereocenters. The number of ether oxygens (including phenoxy) is 2. The second kappa shape index (κ2) is 9.71. The molecule has 7 nitrogen and oxygen atoms in total. The molecule has 2 aliphatic rings. The van der Waals surface area contributed by atoms with E-state index in [0.717, 1.165) is 55.7 Å². The van der Waals surface area contributed by atoms with Crippen molar-refractivity contribution in [3.05, 3.63) is 16.0 Å². The fraction of sp³-hybridized carbons (Fsp3) is 0.667. The fourth-order valence-corrected chi connectivity index (χ4v) is 5.67. The number of methoxy groups -OCH3 is 1. The quantitative estimate of drug-likeness (QED) is 0.677. The predicted octanol–water partition coefficient (Wildman–Crippen LogP) is 1.46. The van der Waals surface area contributed by atoms with Crippen LogP contribution in [0.1, 0.15) is 53.9 Å². The topological polar surface area (TPSA) is 86.1 Å². The van der Waals surface area contributed by atoms with Crippen LogP contribution < -0.4 is 10.2 Å². The van der Waals surface area contributed by atoms with E-state index in [9.17, 15) is 14.4 Å². The molecule has 160 valence electrons. The van der Waals surface area contributed by atoms with E-state index in [1.807, 2.05) is 6.92 Å². The molecule has 0 radical (unpaired) electrons. The SMILES string of the molecule is CCOC(=O)C1CC[NH+](CC(=O)Nc2sc3c(c2C(=O)OC)CC[C@H](C)C3)CC1. The van der Waals surface area contributed by atoms with Gasteiger partial charge in [0, 0.05) is 17.7 Å². The van der Waals surface area contributed by atoms with Crippen molar-refractivity contribution in [2.75, 3.05) is 38.7 Å². The lowest BCUT2D eigenvalue weighted by Crippen LogP contribution is -3.14. The lowest BCUT2D eigenvalue weighted by molar-refractivity contribution is -0.897. The number of hydrogen-bond acceptors (Lipinski definition) is 6. The minimum absolute atomic E-state index is 0.0568. The smallest absolute Gasteiger partial charge is 0.341 e. The zero-order valence-corrected chi connectivity index (χ0v) is 18.3. The van der Waals surface area contributed by atoms with E-state index in [1.54, 1.807) is 0 Å². The van der Waals surface area contributed by atoms with Gasteiger partial charge in [-0.3, -0.25) is 9.59 Å². The summed E-state index contributed by atoms with van der Waals surface area (Å²) in [4.78, 5) is 39.2. The van der Waals surface area contributed by atoms with Gasteiger partial charge in [0.1, 0.15) is 5.00 Å². The second-order valence-corrected chi connectivity index (χ2v) is 9.15. The highest BCUT2D eigenvalue weighted by molar-refractivity contribution is 7.17. The average molecular weight is 424 g/mol. The largest absolute Gasteiger partial charge is 0.466 e. The molecule has 29 heavy (non-hydrogen) atoms. The Kier molecular flexibility index (Phi) is 7.29. The lowest BCUT2D eigenvalue weighted by Gasteiger charge is -2.27. The number of rotatable bonds is 6. The first-order valence-corrected chi connectivity index (χ1v) is 11.3. The molecular formula is C21H31N2O5S+. The van der Waals surface area contributed by atoms with Crippen LogP contribution in [0, 0.1) is 11.8 Å². The number of esters is 2. The van der Waals surface area contributed by atoms with Gasteiger partial charge in [0.25, 0.3) is 5.91 Å². The van der Waals surface area contributed by atoms with Crippen LogP contribution in [0.5, 0.6) is 0 Å². The van der Waals surface area contributed by atoms with Crippen LogP contribution in [-0.4, -0.2) is 51.2 Å². The number of thiophene rings is 1. The highest BCUT2D eigenvalue weighted by Crippen LogP contribution is 2.39. The summed E-state index contributed by atoms with van der Waals surface area (Å²) in [7, 11) is 1.38. The molecule has 1 saturated heterocycles. The van der Waals surface area contributed by atoms with Crippen LogP contribution >= 0.6 is 11.3 Å². The number of anilines is 1. The van der Waals surface area contributed by atoms with Crippen LogP contribution in [0.2, 0.25) is 0 Å². The van der Waals surface area contributed by atoms with Gasteiger partial charge >= 0.3 is 11.9 Å². The minimum Gasteiger partial charge on any atom is -0.466 e. The first kappa shape index (κ1) is 21.8. The van der Waals surface area contributed by atoms with Crippen molar-refractivity contribution in [1.82, 2.24) is 0 Å². The van der Waals surface area contributed by atoms with Crippen molar-refractivity contribution in [1.29, 1.82) is 0 Å². The third-order valence-corrected chi connectivity index (χ3v) is 7.05. The van der Waals surface area contributed by atoms with Crippen molar-refractivity contribution in [3.63, 3.8) is 0 Å². The predicted molar refractivity (Wildman–Crippen MR) is 110 cm³/mol. The molecule has 2 N–H and O–H groups in total. The number of nitrogens with one attached hydrogen (secondary N) is 2. The Hall–Kier alpha value is -1.93. The van der Waals surface area contributed by atoms with Gasteiger partial charge in [-0.05, 0) is 37.7 Å². The first-order chi connectivity index (χ1) is 13.9. The standard InChI is InChI=1S/C21H30N2O5S/c1-4-28-20(25)14-7-9-23(10-8-14)12-17(24)22-19-18(21(26)27-3)15-6-5-13(2)11-16(15)29-19/h13-14H,4-12H2,1-3H3,(H,22,24)/p+1/t13-/m0/s1. The molecule has 2 heterocycles. The van der Waals surface area contributed by atoms with Gasteiger partial charge in [-0.25, -0.2) is 4.79 Å². The second-order valence-electron chi connectivity index (χ2n) is 8.05. The van der Waals surface area contributed by atoms with Crippen molar-refractivity contribution >= 4 is 34.2 Å². The molecule has 0 unspecified atom stereocenters. The van der Waals surface area contributed by atoms with Crippen LogP contribution in [-0.2, 0) is 31.9 Å². The molecule has 1 fully saturated rings. The molecule has 1 aliphatic carbocycles. The zero-order chi connectivity index (χ0) is 21.0. The van der Waals surface area contributed by atoms with Gasteiger partial charge in [-0.2, -0.15) is 0 Å². The van der Waals surface area contributed by atoms with Crippen molar-refractivity contribution in [2.45, 2.75) is 46.0 Å². The molecule has 8 heteroatoms. The monoisotopic (exact) mass is 423 g/mol. The maximum absolute atomic E-state index is 12.7. The molecule has 0 aromatic carbocycles. The maximum atomic E-state index is 12.7. The van der Waals surface area contributed by atoms with Gasteiger partial charge in [0.05, 0.1) is 38.3 Å². The van der Waals surface area contributed by atoms with Gasteiger partial charge in [0.2, 0.25) is 0 Å². The van der Waals surface area contributed by atoms with Gasteiger partial charge < -0.3 is 19.7 Å². The van der Waals surface area contributed by atoms with E-state index in [4.69, 9.17) is 9.47 Å². The highest BCUT2D eigenvalue weighted by atomic mass is 32.1. The van der Waals surface area contributed by atoms with Crippen LogP contribution in [0.15, 0.2) is 0 Å². The third kappa shape index (κ3) is 5.17. The summed E-state index contributed by atoms with van der Waals surface area (Å²) in [6.07, 6.45) is 4.30. The van der Waals surface area contributed by atoms with Crippen molar-refractivity contribution in [2.24, 2.45) is 11.8 Å². The molecule has 1 aromatic rings. The molecule has 1 aromatic heterocycles. The summed E-state index contributed by atoms with van der Waals surface area (Å²) < 4.78 is 10.1. The summed E-state index contributed by atoms with van der Waals surface area (Å²) in [6.45, 7) is 6.28. The number of hydrogen-bond donors (Lipinski definition) is 2. The number of likely N-dealkylation sites (tertiary alicyclic amines) is 1. The Bertz CT molecular complexity index is 767. The molecule has 1 amide bonds. The van der Waals surface area contributed by atoms with Gasteiger partial charge in [-0.15, -0.1) is 11.3 Å². The van der Waals surface area contributed by atoms with Crippen LogP contribution in [0.3, 0.4) is 0 Å². The number of piperidine rings is 1. The molecular weight excluding hydrogens is 392 g/mol. The fourth-order valence-electron chi connectivity index (χ4n) is 4.25. The molecule has 0 saturated carbocycles. The lowest BCUT2D eigenvalue weighted by atomic mass is 9.88. The molecule has 0 spiro atoms. The number of carbonyl (C=O) groups excluding carboxylic acids is 3. The van der Waals surface area contributed by atoms with E-state index in [1.165, 1.54) is 23.3 Å². The van der Waals surface area contributed by atoms with E-state index >= 15 is 0 Å². The molecule has 1 aliphatic heterocycles. The van der Waals surface area contributed by atoms with Crippen molar-refractivity contribution in [3.8, 4) is 0 Å². The summed E-state index contributed by atoms with van der Waals surface area (Å²) in [5, 5.41) is 3.58. The van der Waals surface area contributed by atoms with E-state index in [2.05, 4.69) is 12.2 Å². The highest BCUT2D eigenvalue weighted by Gasteiger charge is 2.31. The number of carbonyl (C=O) groups is 3. The normalized spacial score (nSPS) is 23.8.